The van der Waals surface area contributed by atoms with Crippen molar-refractivity contribution in [3.05, 3.63) is 47.8 Å². The van der Waals surface area contributed by atoms with E-state index in [4.69, 9.17) is 0 Å². The van der Waals surface area contributed by atoms with Crippen molar-refractivity contribution < 1.29 is 9.90 Å². The second-order valence-electron chi connectivity index (χ2n) is 5.76. The van der Waals surface area contributed by atoms with Crippen LogP contribution in [0.3, 0.4) is 0 Å². The molecule has 116 valence electrons. The highest BCUT2D eigenvalue weighted by molar-refractivity contribution is 5.92. The molecule has 0 saturated heterocycles. The number of nitrogens with one attached hydrogen (secondary N) is 1. The summed E-state index contributed by atoms with van der Waals surface area (Å²) in [5.74, 6) is 0.632. The Morgan fingerprint density at radius 2 is 2.18 bits per heavy atom. The van der Waals surface area contributed by atoms with Crippen LogP contribution in [0.1, 0.15) is 40.9 Å². The third-order valence-electron chi connectivity index (χ3n) is 4.24. The fourth-order valence-electron chi connectivity index (χ4n) is 3.07. The van der Waals surface area contributed by atoms with Gasteiger partial charge in [0.1, 0.15) is 11.5 Å². The van der Waals surface area contributed by atoms with Crippen molar-refractivity contribution in [2.24, 2.45) is 0 Å². The fourth-order valence-corrected chi connectivity index (χ4v) is 3.07. The number of aryl methyl sites for hydroxylation is 2. The summed E-state index contributed by atoms with van der Waals surface area (Å²) in [6.07, 6.45) is 4.52. The number of carbonyl (C=O) groups is 1. The van der Waals surface area contributed by atoms with Crippen molar-refractivity contribution in [1.82, 2.24) is 19.9 Å². The highest BCUT2D eigenvalue weighted by atomic mass is 16.3. The van der Waals surface area contributed by atoms with Crippen LogP contribution in [0.4, 0.5) is 0 Å². The van der Waals surface area contributed by atoms with Crippen LogP contribution in [0.25, 0.3) is 0 Å². The Bertz CT molecular complexity index is 682. The topological polar surface area (TPSA) is 80.0 Å². The Morgan fingerprint density at radius 1 is 1.36 bits per heavy atom. The monoisotopic (exact) mass is 300 g/mol. The van der Waals surface area contributed by atoms with Crippen molar-refractivity contribution in [1.29, 1.82) is 0 Å². The highest BCUT2D eigenvalue weighted by Gasteiger charge is 2.37. The van der Waals surface area contributed by atoms with Gasteiger partial charge in [0, 0.05) is 18.1 Å². The first-order valence-corrected chi connectivity index (χ1v) is 7.48. The molecule has 1 fully saturated rings. The summed E-state index contributed by atoms with van der Waals surface area (Å²) in [5, 5.41) is 13.4. The normalized spacial score (nSPS) is 24.4. The molecular formula is C16H20N4O2. The minimum Gasteiger partial charge on any atom is -0.389 e. The molecule has 2 N–H and O–H groups in total. The minimum absolute atomic E-state index is 0.0433. The van der Waals surface area contributed by atoms with Crippen LogP contribution in [0.5, 0.6) is 0 Å². The van der Waals surface area contributed by atoms with Crippen LogP contribution in [0.2, 0.25) is 0 Å². The highest BCUT2D eigenvalue weighted by Crippen LogP contribution is 2.31. The molecule has 2 aromatic rings. The average Bonchev–Trinajstić information content (AvgIpc) is 3.06. The Balaban J connectivity index is 1.69. The molecular weight excluding hydrogens is 280 g/mol. The molecule has 1 aliphatic carbocycles. The Morgan fingerprint density at radius 3 is 2.86 bits per heavy atom. The molecule has 0 bridgehead atoms. The SMILES string of the molecule is Cc1cccc(C(=O)N[C@@H]2CC[C@@H](n3ccnc3C)[C@@H]2O)n1. The summed E-state index contributed by atoms with van der Waals surface area (Å²) in [7, 11) is 0. The molecule has 0 spiro atoms. The van der Waals surface area contributed by atoms with E-state index in [2.05, 4.69) is 15.3 Å². The number of pyridine rings is 1. The van der Waals surface area contributed by atoms with Gasteiger partial charge in [-0.2, -0.15) is 0 Å². The van der Waals surface area contributed by atoms with E-state index in [0.29, 0.717) is 5.69 Å². The van der Waals surface area contributed by atoms with E-state index in [-0.39, 0.29) is 18.0 Å². The summed E-state index contributed by atoms with van der Waals surface area (Å²) >= 11 is 0. The van der Waals surface area contributed by atoms with Gasteiger partial charge in [-0.1, -0.05) is 6.07 Å². The van der Waals surface area contributed by atoms with E-state index in [1.807, 2.05) is 30.7 Å². The molecule has 6 nitrogen and oxygen atoms in total. The van der Waals surface area contributed by atoms with Crippen LogP contribution in [0, 0.1) is 13.8 Å². The van der Waals surface area contributed by atoms with Gasteiger partial charge in [0.05, 0.1) is 18.2 Å². The van der Waals surface area contributed by atoms with Crippen molar-refractivity contribution in [2.45, 2.75) is 44.9 Å². The van der Waals surface area contributed by atoms with Gasteiger partial charge in [-0.3, -0.25) is 4.79 Å². The molecule has 6 heteroatoms. The molecule has 1 saturated carbocycles. The van der Waals surface area contributed by atoms with Crippen LogP contribution in [0.15, 0.2) is 30.6 Å². The smallest absolute Gasteiger partial charge is 0.270 e. The molecule has 3 rings (SSSR count). The van der Waals surface area contributed by atoms with Gasteiger partial charge in [-0.25, -0.2) is 9.97 Å². The van der Waals surface area contributed by atoms with Crippen LogP contribution in [-0.4, -0.2) is 37.7 Å². The maximum absolute atomic E-state index is 12.3. The van der Waals surface area contributed by atoms with Crippen molar-refractivity contribution >= 4 is 5.91 Å². The molecule has 0 aliphatic heterocycles. The largest absolute Gasteiger partial charge is 0.389 e. The molecule has 2 heterocycles. The minimum atomic E-state index is -0.623. The summed E-state index contributed by atoms with van der Waals surface area (Å²) in [6.45, 7) is 3.76. The number of amides is 1. The second kappa shape index (κ2) is 5.88. The van der Waals surface area contributed by atoms with Crippen molar-refractivity contribution in [2.75, 3.05) is 0 Å². The second-order valence-corrected chi connectivity index (χ2v) is 5.76. The maximum atomic E-state index is 12.3. The third kappa shape index (κ3) is 2.74. The van der Waals surface area contributed by atoms with E-state index in [1.54, 1.807) is 18.3 Å². The van der Waals surface area contributed by atoms with E-state index in [0.717, 1.165) is 24.4 Å². The van der Waals surface area contributed by atoms with Gasteiger partial charge in [0.25, 0.3) is 5.91 Å². The van der Waals surface area contributed by atoms with Crippen molar-refractivity contribution in [3.63, 3.8) is 0 Å². The number of hydrogen-bond acceptors (Lipinski definition) is 4. The van der Waals surface area contributed by atoms with Crippen molar-refractivity contribution in [3.8, 4) is 0 Å². The first-order valence-electron chi connectivity index (χ1n) is 7.48. The summed E-state index contributed by atoms with van der Waals surface area (Å²) in [5.41, 5.74) is 1.18. The van der Waals surface area contributed by atoms with E-state index in [9.17, 15) is 9.90 Å². The van der Waals surface area contributed by atoms with Crippen LogP contribution in [-0.2, 0) is 0 Å². The predicted octanol–water partition coefficient (Wildman–Crippen LogP) is 1.39. The lowest BCUT2D eigenvalue weighted by molar-refractivity contribution is 0.0807. The fraction of sp³-hybridized carbons (Fsp3) is 0.438. The summed E-state index contributed by atoms with van der Waals surface area (Å²) < 4.78 is 1.97. The quantitative estimate of drug-likeness (QED) is 0.897. The number of aliphatic hydroxyl groups is 1. The molecule has 0 radical (unpaired) electrons. The molecule has 1 amide bonds. The number of aliphatic hydroxyl groups excluding tert-OH is 1. The first-order chi connectivity index (χ1) is 10.6. The first kappa shape index (κ1) is 14.7. The van der Waals surface area contributed by atoms with Gasteiger partial charge >= 0.3 is 0 Å². The molecule has 0 aromatic carbocycles. The number of hydrogen-bond donors (Lipinski definition) is 2. The number of rotatable bonds is 3. The van der Waals surface area contributed by atoms with E-state index >= 15 is 0 Å². The van der Waals surface area contributed by atoms with Gasteiger partial charge in [0.2, 0.25) is 0 Å². The standard InChI is InChI=1S/C16H20N4O2/c1-10-4-3-5-13(18-10)16(22)19-12-6-7-14(15(12)21)20-9-8-17-11(20)2/h3-5,8-9,12,14-15,21H,6-7H2,1-2H3,(H,19,22)/t12-,14-,15-/m1/s1. The molecule has 2 aromatic heterocycles. The molecule has 22 heavy (non-hydrogen) atoms. The maximum Gasteiger partial charge on any atom is 0.270 e. The van der Waals surface area contributed by atoms with Gasteiger partial charge < -0.3 is 15.0 Å². The zero-order valence-electron chi connectivity index (χ0n) is 12.7. The third-order valence-corrected chi connectivity index (χ3v) is 4.24. The molecule has 3 atom stereocenters. The zero-order chi connectivity index (χ0) is 15.7. The van der Waals surface area contributed by atoms with E-state index < -0.39 is 6.10 Å². The number of aromatic nitrogens is 3. The lowest BCUT2D eigenvalue weighted by Crippen LogP contribution is -2.42. The predicted molar refractivity (Wildman–Crippen MR) is 81.5 cm³/mol. The Kier molecular flexibility index (Phi) is 3.94. The number of nitrogens with zero attached hydrogens (tertiary/aromatic N) is 3. The summed E-state index contributed by atoms with van der Waals surface area (Å²) in [6, 6.07) is 5.03. The van der Waals surface area contributed by atoms with Gasteiger partial charge in [-0.15, -0.1) is 0 Å². The Labute approximate surface area is 129 Å². The average molecular weight is 300 g/mol. The van der Waals surface area contributed by atoms with Gasteiger partial charge in [0.15, 0.2) is 0 Å². The number of imidazole rings is 1. The van der Waals surface area contributed by atoms with Crippen LogP contribution >= 0.6 is 0 Å². The lowest BCUT2D eigenvalue weighted by atomic mass is 10.1. The van der Waals surface area contributed by atoms with E-state index in [1.165, 1.54) is 0 Å². The van der Waals surface area contributed by atoms with Gasteiger partial charge in [-0.05, 0) is 38.8 Å². The van der Waals surface area contributed by atoms with Crippen LogP contribution < -0.4 is 5.32 Å². The number of carbonyl (C=O) groups excluding carboxylic acids is 1. The molecule has 0 unspecified atom stereocenters. The summed E-state index contributed by atoms with van der Waals surface area (Å²) in [4.78, 5) is 20.7. The molecule has 1 aliphatic rings. The zero-order valence-corrected chi connectivity index (χ0v) is 12.7. The Hall–Kier alpha value is -2.21. The lowest BCUT2D eigenvalue weighted by Gasteiger charge is -2.22.